The first-order chi connectivity index (χ1) is 10.6. The van der Waals surface area contributed by atoms with E-state index in [0.29, 0.717) is 21.9 Å². The van der Waals surface area contributed by atoms with Gasteiger partial charge in [-0.2, -0.15) is 0 Å². The number of sulfonamides is 2. The van der Waals surface area contributed by atoms with Crippen molar-refractivity contribution in [3.63, 3.8) is 0 Å². The zero-order valence-electron chi connectivity index (χ0n) is 11.7. The van der Waals surface area contributed by atoms with Crippen molar-refractivity contribution in [3.8, 4) is 11.3 Å². The highest BCUT2D eigenvalue weighted by molar-refractivity contribution is 7.92. The minimum atomic E-state index is -3.89. The van der Waals surface area contributed by atoms with Gasteiger partial charge in [-0.1, -0.05) is 23.5 Å². The monoisotopic (exact) mass is 373 g/mol. The quantitative estimate of drug-likeness (QED) is 0.682. The van der Waals surface area contributed by atoms with Crippen molar-refractivity contribution >= 4 is 42.0 Å². The minimum Gasteiger partial charge on any atom is -0.284 e. The molecule has 0 spiro atoms. The number of imidazole rings is 1. The molecule has 0 amide bonds. The Morgan fingerprint density at radius 1 is 1.17 bits per heavy atom. The normalized spacial score (nSPS) is 12.6. The number of aromatic nitrogens is 3. The van der Waals surface area contributed by atoms with Crippen molar-refractivity contribution in [2.75, 3.05) is 11.0 Å². The maximum absolute atomic E-state index is 11.3. The number of hydrogen-bond donors (Lipinski definition) is 2. The Morgan fingerprint density at radius 3 is 2.39 bits per heavy atom. The molecule has 0 unspecified atom stereocenters. The zero-order valence-corrected chi connectivity index (χ0v) is 14.1. The van der Waals surface area contributed by atoms with Gasteiger partial charge in [0, 0.05) is 11.3 Å². The molecule has 23 heavy (non-hydrogen) atoms. The third kappa shape index (κ3) is 3.34. The molecule has 0 aliphatic rings. The highest BCUT2D eigenvalue weighted by Gasteiger charge is 2.18. The SMILES string of the molecule is CS(=O)(=O)Nc1ccc(-c2cnc3sc(S(N)(=O)=O)nn23)cc1. The van der Waals surface area contributed by atoms with Crippen LogP contribution in [0.25, 0.3) is 16.2 Å². The third-order valence-electron chi connectivity index (χ3n) is 2.79. The van der Waals surface area contributed by atoms with E-state index < -0.39 is 20.0 Å². The van der Waals surface area contributed by atoms with Gasteiger partial charge in [-0.15, -0.1) is 5.10 Å². The van der Waals surface area contributed by atoms with E-state index in [2.05, 4.69) is 14.8 Å². The van der Waals surface area contributed by atoms with E-state index in [0.717, 1.165) is 17.6 Å². The number of nitrogens with one attached hydrogen (secondary N) is 1. The van der Waals surface area contributed by atoms with Gasteiger partial charge in [0.05, 0.1) is 18.1 Å². The average Bonchev–Trinajstić information content (AvgIpc) is 2.97. The highest BCUT2D eigenvalue weighted by Crippen LogP contribution is 2.26. The van der Waals surface area contributed by atoms with Gasteiger partial charge in [0.2, 0.25) is 19.3 Å². The first kappa shape index (κ1) is 15.9. The predicted octanol–water partition coefficient (Wildman–Crippen LogP) is 0.477. The van der Waals surface area contributed by atoms with Crippen molar-refractivity contribution in [1.29, 1.82) is 0 Å². The van der Waals surface area contributed by atoms with Crippen LogP contribution in [-0.4, -0.2) is 37.7 Å². The summed E-state index contributed by atoms with van der Waals surface area (Å²) < 4.78 is 48.6. The molecule has 0 aliphatic carbocycles. The molecule has 1 aromatic carbocycles. The predicted molar refractivity (Wildman–Crippen MR) is 86.1 cm³/mol. The summed E-state index contributed by atoms with van der Waals surface area (Å²) in [6, 6.07) is 6.52. The summed E-state index contributed by atoms with van der Waals surface area (Å²) in [5, 5.41) is 9.01. The van der Waals surface area contributed by atoms with E-state index >= 15 is 0 Å². The van der Waals surface area contributed by atoms with E-state index in [9.17, 15) is 16.8 Å². The van der Waals surface area contributed by atoms with Gasteiger partial charge in [0.15, 0.2) is 0 Å². The standard InChI is InChI=1S/C11H11N5O4S3/c1-22(17,18)15-8-4-2-7(3-5-8)9-6-13-10-16(9)14-11(21-10)23(12,19)20/h2-6,15H,1H3,(H2,12,19,20). The molecule has 12 heteroatoms. The van der Waals surface area contributed by atoms with Gasteiger partial charge in [0.25, 0.3) is 10.0 Å². The highest BCUT2D eigenvalue weighted by atomic mass is 32.2. The lowest BCUT2D eigenvalue weighted by atomic mass is 10.1. The molecule has 2 aromatic heterocycles. The number of fused-ring (bicyclic) bond motifs is 1. The Kier molecular flexibility index (Phi) is 3.63. The van der Waals surface area contributed by atoms with Crippen LogP contribution in [-0.2, 0) is 20.0 Å². The summed E-state index contributed by atoms with van der Waals surface area (Å²) in [4.78, 5) is 4.49. The number of primary sulfonamides is 1. The fourth-order valence-corrected chi connectivity index (χ4v) is 3.97. The molecule has 3 aromatic rings. The first-order valence-electron chi connectivity index (χ1n) is 6.09. The van der Waals surface area contributed by atoms with Crippen LogP contribution in [0.1, 0.15) is 0 Å². The van der Waals surface area contributed by atoms with Crippen molar-refractivity contribution in [3.05, 3.63) is 30.5 Å². The van der Waals surface area contributed by atoms with E-state index in [1.54, 1.807) is 30.5 Å². The molecule has 2 heterocycles. The topological polar surface area (TPSA) is 137 Å². The molecule has 0 bridgehead atoms. The van der Waals surface area contributed by atoms with Gasteiger partial charge in [-0.05, 0) is 12.1 Å². The number of anilines is 1. The van der Waals surface area contributed by atoms with Crippen molar-refractivity contribution in [2.24, 2.45) is 5.14 Å². The van der Waals surface area contributed by atoms with Gasteiger partial charge < -0.3 is 0 Å². The summed E-state index contributed by atoms with van der Waals surface area (Å²) >= 11 is 0.867. The van der Waals surface area contributed by atoms with Crippen LogP contribution in [0.3, 0.4) is 0 Å². The molecular weight excluding hydrogens is 362 g/mol. The Bertz CT molecular complexity index is 1080. The second-order valence-electron chi connectivity index (χ2n) is 4.70. The fourth-order valence-electron chi connectivity index (χ4n) is 1.91. The smallest absolute Gasteiger partial charge is 0.267 e. The average molecular weight is 373 g/mol. The van der Waals surface area contributed by atoms with Crippen LogP contribution in [0.2, 0.25) is 0 Å². The lowest BCUT2D eigenvalue weighted by molar-refractivity contribution is 0.595. The number of nitrogens with two attached hydrogens (primary N) is 1. The lowest BCUT2D eigenvalue weighted by Gasteiger charge is -2.04. The van der Waals surface area contributed by atoms with E-state index in [-0.39, 0.29) is 4.34 Å². The lowest BCUT2D eigenvalue weighted by Crippen LogP contribution is -2.12. The van der Waals surface area contributed by atoms with Crippen molar-refractivity contribution in [1.82, 2.24) is 14.6 Å². The fraction of sp³-hybridized carbons (Fsp3) is 0.0909. The molecule has 122 valence electrons. The molecule has 9 nitrogen and oxygen atoms in total. The number of hydrogen-bond acceptors (Lipinski definition) is 7. The van der Waals surface area contributed by atoms with Crippen LogP contribution < -0.4 is 9.86 Å². The summed E-state index contributed by atoms with van der Waals surface area (Å²) in [7, 11) is -7.24. The van der Waals surface area contributed by atoms with Gasteiger partial charge in [0.1, 0.15) is 0 Å². The first-order valence-corrected chi connectivity index (χ1v) is 10.3. The van der Waals surface area contributed by atoms with Gasteiger partial charge in [-0.3, -0.25) is 4.72 Å². The summed E-state index contributed by atoms with van der Waals surface area (Å²) in [6.07, 6.45) is 2.61. The van der Waals surface area contributed by atoms with E-state index in [1.807, 2.05) is 0 Å². The maximum Gasteiger partial charge on any atom is 0.267 e. The van der Waals surface area contributed by atoms with Crippen molar-refractivity contribution < 1.29 is 16.8 Å². The Morgan fingerprint density at radius 2 is 1.83 bits per heavy atom. The summed E-state index contributed by atoms with van der Waals surface area (Å²) in [5.41, 5.74) is 1.68. The number of rotatable bonds is 4. The van der Waals surface area contributed by atoms with Crippen LogP contribution in [0.15, 0.2) is 34.8 Å². The second kappa shape index (κ2) is 5.26. The Labute approximate surface area is 135 Å². The van der Waals surface area contributed by atoms with Gasteiger partial charge in [-0.25, -0.2) is 31.5 Å². The molecule has 0 aliphatic heterocycles. The number of nitrogens with zero attached hydrogens (tertiary/aromatic N) is 3. The van der Waals surface area contributed by atoms with Crippen LogP contribution in [0, 0.1) is 0 Å². The van der Waals surface area contributed by atoms with E-state index in [4.69, 9.17) is 5.14 Å². The molecule has 0 saturated carbocycles. The van der Waals surface area contributed by atoms with Crippen molar-refractivity contribution in [2.45, 2.75) is 4.34 Å². The van der Waals surface area contributed by atoms with E-state index in [1.165, 1.54) is 4.52 Å². The van der Waals surface area contributed by atoms with Crippen LogP contribution in [0.4, 0.5) is 5.69 Å². The summed E-state index contributed by atoms with van der Waals surface area (Å²) in [5.74, 6) is 0. The molecular formula is C11H11N5O4S3. The molecule has 0 atom stereocenters. The third-order valence-corrected chi connectivity index (χ3v) is 5.63. The molecule has 0 saturated heterocycles. The van der Waals surface area contributed by atoms with Crippen LogP contribution >= 0.6 is 11.3 Å². The largest absolute Gasteiger partial charge is 0.284 e. The zero-order chi connectivity index (χ0) is 16.8. The second-order valence-corrected chi connectivity index (χ2v) is 9.14. The molecule has 3 N–H and O–H groups in total. The summed E-state index contributed by atoms with van der Waals surface area (Å²) in [6.45, 7) is 0. The maximum atomic E-state index is 11.3. The molecule has 0 fully saturated rings. The minimum absolute atomic E-state index is 0.225. The molecule has 0 radical (unpaired) electrons. The Balaban J connectivity index is 2.02. The Hall–Kier alpha value is -2.02. The molecule has 3 rings (SSSR count). The van der Waals surface area contributed by atoms with Gasteiger partial charge >= 0.3 is 0 Å². The number of benzene rings is 1. The van der Waals surface area contributed by atoms with Crippen LogP contribution in [0.5, 0.6) is 0 Å².